The molecule has 18 heavy (non-hydrogen) atoms. The predicted octanol–water partition coefficient (Wildman–Crippen LogP) is 3.38. The van der Waals surface area contributed by atoms with Crippen molar-refractivity contribution in [2.45, 2.75) is 39.2 Å². The Morgan fingerprint density at radius 1 is 1.28 bits per heavy atom. The predicted molar refractivity (Wildman–Crippen MR) is 78.2 cm³/mol. The van der Waals surface area contributed by atoms with E-state index in [1.165, 1.54) is 19.3 Å². The van der Waals surface area contributed by atoms with Gasteiger partial charge in [0, 0.05) is 26.3 Å². The Labute approximate surface area is 111 Å². The summed E-state index contributed by atoms with van der Waals surface area (Å²) in [5.74, 6) is 2.61. The standard InChI is InChI=1S/C15H25N3/c1-11-7-8-12(2)14(10-11)17-13-6-5-9-16-15(13)18(3)4/h5-6,9,11-12,14,17H,7-8,10H2,1-4H3. The van der Waals surface area contributed by atoms with Crippen molar-refractivity contribution in [1.82, 2.24) is 4.98 Å². The Balaban J connectivity index is 2.13. The number of hydrogen-bond acceptors (Lipinski definition) is 3. The van der Waals surface area contributed by atoms with E-state index in [4.69, 9.17) is 0 Å². The lowest BCUT2D eigenvalue weighted by Crippen LogP contribution is -2.34. The van der Waals surface area contributed by atoms with Crippen LogP contribution in [-0.4, -0.2) is 25.1 Å². The van der Waals surface area contributed by atoms with Gasteiger partial charge in [-0.2, -0.15) is 0 Å². The molecule has 1 heterocycles. The highest BCUT2D eigenvalue weighted by atomic mass is 15.2. The van der Waals surface area contributed by atoms with E-state index in [9.17, 15) is 0 Å². The summed E-state index contributed by atoms with van der Waals surface area (Å²) in [5, 5.41) is 3.71. The summed E-state index contributed by atoms with van der Waals surface area (Å²) in [6.45, 7) is 4.71. The average molecular weight is 247 g/mol. The van der Waals surface area contributed by atoms with Gasteiger partial charge < -0.3 is 10.2 Å². The van der Waals surface area contributed by atoms with Gasteiger partial charge in [0.2, 0.25) is 0 Å². The fourth-order valence-electron chi connectivity index (χ4n) is 2.80. The summed E-state index contributed by atoms with van der Waals surface area (Å²) in [4.78, 5) is 6.52. The fourth-order valence-corrected chi connectivity index (χ4v) is 2.80. The third-order valence-corrected chi connectivity index (χ3v) is 4.01. The van der Waals surface area contributed by atoms with E-state index in [-0.39, 0.29) is 0 Å². The lowest BCUT2D eigenvalue weighted by Gasteiger charge is -2.34. The minimum absolute atomic E-state index is 0.580. The van der Waals surface area contributed by atoms with Crippen molar-refractivity contribution in [3.63, 3.8) is 0 Å². The van der Waals surface area contributed by atoms with Gasteiger partial charge in [-0.15, -0.1) is 0 Å². The number of hydrogen-bond donors (Lipinski definition) is 1. The number of aromatic nitrogens is 1. The van der Waals surface area contributed by atoms with Gasteiger partial charge in [-0.05, 0) is 36.8 Å². The van der Waals surface area contributed by atoms with E-state index in [0.29, 0.717) is 6.04 Å². The largest absolute Gasteiger partial charge is 0.379 e. The molecule has 3 unspecified atom stereocenters. The van der Waals surface area contributed by atoms with Crippen molar-refractivity contribution in [3.05, 3.63) is 18.3 Å². The number of nitrogens with one attached hydrogen (secondary N) is 1. The van der Waals surface area contributed by atoms with Crippen LogP contribution in [0.5, 0.6) is 0 Å². The molecule has 1 fully saturated rings. The quantitative estimate of drug-likeness (QED) is 0.887. The molecule has 1 N–H and O–H groups in total. The van der Waals surface area contributed by atoms with E-state index in [0.717, 1.165) is 23.3 Å². The highest BCUT2D eigenvalue weighted by Crippen LogP contribution is 2.32. The van der Waals surface area contributed by atoms with Gasteiger partial charge in [-0.25, -0.2) is 4.98 Å². The molecule has 1 aliphatic rings. The zero-order valence-electron chi connectivity index (χ0n) is 12.0. The molecular formula is C15H25N3. The number of anilines is 2. The molecule has 0 amide bonds. The third kappa shape index (κ3) is 2.95. The first-order chi connectivity index (χ1) is 8.58. The van der Waals surface area contributed by atoms with E-state index in [1.54, 1.807) is 0 Å². The minimum Gasteiger partial charge on any atom is -0.379 e. The van der Waals surface area contributed by atoms with Crippen LogP contribution in [0.25, 0.3) is 0 Å². The second kappa shape index (κ2) is 5.59. The molecule has 1 aromatic rings. The Kier molecular flexibility index (Phi) is 4.10. The van der Waals surface area contributed by atoms with Crippen molar-refractivity contribution >= 4 is 11.5 Å². The summed E-state index contributed by atoms with van der Waals surface area (Å²) >= 11 is 0. The van der Waals surface area contributed by atoms with Gasteiger partial charge in [-0.3, -0.25) is 0 Å². The molecule has 0 bridgehead atoms. The van der Waals surface area contributed by atoms with Gasteiger partial charge in [0.05, 0.1) is 5.69 Å². The summed E-state index contributed by atoms with van der Waals surface area (Å²) in [6, 6.07) is 4.72. The molecule has 3 heteroatoms. The topological polar surface area (TPSA) is 28.2 Å². The first-order valence-electron chi connectivity index (χ1n) is 6.96. The molecule has 3 nitrogen and oxygen atoms in total. The molecule has 1 saturated carbocycles. The van der Waals surface area contributed by atoms with E-state index in [1.807, 2.05) is 26.4 Å². The van der Waals surface area contributed by atoms with Gasteiger partial charge in [0.1, 0.15) is 0 Å². The highest BCUT2D eigenvalue weighted by molar-refractivity contribution is 5.65. The van der Waals surface area contributed by atoms with Crippen molar-refractivity contribution in [2.24, 2.45) is 11.8 Å². The zero-order chi connectivity index (χ0) is 13.1. The van der Waals surface area contributed by atoms with Crippen molar-refractivity contribution in [3.8, 4) is 0 Å². The van der Waals surface area contributed by atoms with Crippen molar-refractivity contribution in [1.29, 1.82) is 0 Å². The van der Waals surface area contributed by atoms with Crippen LogP contribution in [0.3, 0.4) is 0 Å². The van der Waals surface area contributed by atoms with Crippen LogP contribution in [0.4, 0.5) is 11.5 Å². The maximum atomic E-state index is 4.45. The Bertz CT molecular complexity index is 389. The monoisotopic (exact) mass is 247 g/mol. The molecule has 3 atom stereocenters. The molecule has 0 spiro atoms. The lowest BCUT2D eigenvalue weighted by atomic mass is 9.80. The van der Waals surface area contributed by atoms with Crippen LogP contribution >= 0.6 is 0 Å². The van der Waals surface area contributed by atoms with Crippen LogP contribution in [0.15, 0.2) is 18.3 Å². The maximum absolute atomic E-state index is 4.45. The van der Waals surface area contributed by atoms with Crippen molar-refractivity contribution < 1.29 is 0 Å². The van der Waals surface area contributed by atoms with Gasteiger partial charge in [-0.1, -0.05) is 20.3 Å². The number of rotatable bonds is 3. The van der Waals surface area contributed by atoms with Crippen LogP contribution in [-0.2, 0) is 0 Å². The maximum Gasteiger partial charge on any atom is 0.151 e. The summed E-state index contributed by atoms with van der Waals surface area (Å²) in [5.41, 5.74) is 1.16. The lowest BCUT2D eigenvalue weighted by molar-refractivity contribution is 0.280. The summed E-state index contributed by atoms with van der Waals surface area (Å²) in [6.07, 6.45) is 5.82. The molecule has 0 radical (unpaired) electrons. The highest BCUT2D eigenvalue weighted by Gasteiger charge is 2.26. The van der Waals surface area contributed by atoms with Gasteiger partial charge in [0.25, 0.3) is 0 Å². The van der Waals surface area contributed by atoms with E-state index in [2.05, 4.69) is 35.1 Å². The third-order valence-electron chi connectivity index (χ3n) is 4.01. The molecule has 0 saturated heterocycles. The molecule has 100 valence electrons. The van der Waals surface area contributed by atoms with Gasteiger partial charge in [0.15, 0.2) is 5.82 Å². The smallest absolute Gasteiger partial charge is 0.151 e. The minimum atomic E-state index is 0.580. The Morgan fingerprint density at radius 2 is 2.06 bits per heavy atom. The fraction of sp³-hybridized carbons (Fsp3) is 0.667. The second-order valence-corrected chi connectivity index (χ2v) is 5.92. The summed E-state index contributed by atoms with van der Waals surface area (Å²) < 4.78 is 0. The molecular weight excluding hydrogens is 222 g/mol. The molecule has 0 aliphatic heterocycles. The van der Waals surface area contributed by atoms with Crippen LogP contribution in [0, 0.1) is 11.8 Å². The summed E-state index contributed by atoms with van der Waals surface area (Å²) in [7, 11) is 4.08. The first-order valence-corrected chi connectivity index (χ1v) is 6.96. The Hall–Kier alpha value is -1.25. The normalized spacial score (nSPS) is 27.9. The van der Waals surface area contributed by atoms with Crippen LogP contribution in [0.2, 0.25) is 0 Å². The Morgan fingerprint density at radius 3 is 2.78 bits per heavy atom. The van der Waals surface area contributed by atoms with E-state index < -0.39 is 0 Å². The molecule has 2 rings (SSSR count). The van der Waals surface area contributed by atoms with Crippen molar-refractivity contribution in [2.75, 3.05) is 24.3 Å². The van der Waals surface area contributed by atoms with Gasteiger partial charge >= 0.3 is 0 Å². The molecule has 1 aromatic heterocycles. The SMILES string of the molecule is CC1CCC(C)C(Nc2cccnc2N(C)C)C1. The number of nitrogens with zero attached hydrogens (tertiary/aromatic N) is 2. The number of pyridine rings is 1. The first kappa shape index (κ1) is 13.2. The second-order valence-electron chi connectivity index (χ2n) is 5.92. The van der Waals surface area contributed by atoms with Crippen LogP contribution < -0.4 is 10.2 Å². The van der Waals surface area contributed by atoms with Crippen LogP contribution in [0.1, 0.15) is 33.1 Å². The molecule has 1 aliphatic carbocycles. The average Bonchev–Trinajstić information content (AvgIpc) is 2.34. The zero-order valence-corrected chi connectivity index (χ0v) is 12.0. The van der Waals surface area contributed by atoms with E-state index >= 15 is 0 Å². The molecule has 0 aromatic carbocycles.